The number of nitrogens with one attached hydrogen (secondary N) is 1. The molecule has 1 aromatic rings. The van der Waals surface area contributed by atoms with Crippen LogP contribution in [0.4, 0.5) is 11.4 Å². The van der Waals surface area contributed by atoms with Crippen molar-refractivity contribution in [3.63, 3.8) is 0 Å². The zero-order valence-electron chi connectivity index (χ0n) is 8.26. The van der Waals surface area contributed by atoms with Crippen molar-refractivity contribution in [1.82, 2.24) is 0 Å². The molecule has 0 aliphatic heterocycles. The number of nitro groups is 1. The summed E-state index contributed by atoms with van der Waals surface area (Å²) in [5.74, 6) is 0. The summed E-state index contributed by atoms with van der Waals surface area (Å²) in [6.45, 7) is -0.410. The molecule has 1 aromatic carbocycles. The van der Waals surface area contributed by atoms with Crippen LogP contribution in [-0.4, -0.2) is 34.4 Å². The van der Waals surface area contributed by atoms with Gasteiger partial charge >= 0.3 is 0 Å². The fraction of sp³-hybridized carbons (Fsp3) is 0.333. The van der Waals surface area contributed by atoms with Gasteiger partial charge in [-0.15, -0.1) is 0 Å². The van der Waals surface area contributed by atoms with Crippen molar-refractivity contribution in [3.8, 4) is 0 Å². The molecule has 0 saturated heterocycles. The van der Waals surface area contributed by atoms with Crippen LogP contribution in [0, 0.1) is 13.7 Å². The molecule has 0 atom stereocenters. The third kappa shape index (κ3) is 3.29. The van der Waals surface area contributed by atoms with Crippen molar-refractivity contribution >= 4 is 34.0 Å². The van der Waals surface area contributed by atoms with E-state index in [1.807, 2.05) is 22.6 Å². The molecule has 0 aliphatic carbocycles. The Balaban J connectivity index is 2.86. The van der Waals surface area contributed by atoms with Gasteiger partial charge in [-0.1, -0.05) is 0 Å². The second-order valence-corrected chi connectivity index (χ2v) is 4.29. The zero-order chi connectivity index (χ0) is 12.1. The minimum absolute atomic E-state index is 0.0134. The second-order valence-electron chi connectivity index (χ2n) is 3.13. The number of hydrogen-bond donors (Lipinski definition) is 3. The topological polar surface area (TPSA) is 95.6 Å². The number of hydrogen-bond acceptors (Lipinski definition) is 5. The summed E-state index contributed by atoms with van der Waals surface area (Å²) < 4.78 is 0.665. The van der Waals surface area contributed by atoms with Crippen molar-refractivity contribution < 1.29 is 15.1 Å². The Morgan fingerprint density at radius 2 is 2.06 bits per heavy atom. The predicted octanol–water partition coefficient (Wildman–Crippen LogP) is 0.964. The van der Waals surface area contributed by atoms with Gasteiger partial charge in [0.2, 0.25) is 0 Å². The monoisotopic (exact) mass is 338 g/mol. The highest BCUT2D eigenvalue weighted by Crippen LogP contribution is 2.24. The first-order valence-corrected chi connectivity index (χ1v) is 5.58. The van der Waals surface area contributed by atoms with E-state index in [0.29, 0.717) is 9.26 Å². The Morgan fingerprint density at radius 3 is 2.50 bits per heavy atom. The molecule has 16 heavy (non-hydrogen) atoms. The second kappa shape index (κ2) is 5.97. The Labute approximate surface area is 106 Å². The maximum absolute atomic E-state index is 10.5. The molecular formula is C9H11IN2O4. The number of nitro benzene ring substituents is 1. The molecule has 6 nitrogen and oxygen atoms in total. The Morgan fingerprint density at radius 1 is 1.44 bits per heavy atom. The Kier molecular flexibility index (Phi) is 4.90. The van der Waals surface area contributed by atoms with Crippen LogP contribution in [0.25, 0.3) is 0 Å². The van der Waals surface area contributed by atoms with Crippen LogP contribution in [0.15, 0.2) is 18.2 Å². The molecule has 0 radical (unpaired) electrons. The van der Waals surface area contributed by atoms with Gasteiger partial charge in [0.25, 0.3) is 5.69 Å². The number of nitrogens with zero attached hydrogens (tertiary/aromatic N) is 1. The standard InChI is InChI=1S/C9H11IN2O4/c10-8-3-7(12(15)16)1-2-9(8)11-6(4-13)5-14/h1-3,6,11,13-14H,4-5H2. The molecule has 0 unspecified atom stereocenters. The SMILES string of the molecule is O=[N+]([O-])c1ccc(NC(CO)CO)c(I)c1. The van der Waals surface area contributed by atoms with Crippen molar-refractivity contribution in [2.24, 2.45) is 0 Å². The molecule has 1 rings (SSSR count). The number of aliphatic hydroxyl groups excluding tert-OH is 2. The van der Waals surface area contributed by atoms with Crippen molar-refractivity contribution in [1.29, 1.82) is 0 Å². The lowest BCUT2D eigenvalue weighted by molar-refractivity contribution is -0.384. The van der Waals surface area contributed by atoms with Gasteiger partial charge in [-0.3, -0.25) is 10.1 Å². The van der Waals surface area contributed by atoms with E-state index in [9.17, 15) is 10.1 Å². The molecule has 0 saturated carbocycles. The van der Waals surface area contributed by atoms with Crippen LogP contribution in [0.1, 0.15) is 0 Å². The first-order chi connectivity index (χ1) is 7.58. The van der Waals surface area contributed by atoms with Crippen LogP contribution in [0.3, 0.4) is 0 Å². The summed E-state index contributed by atoms with van der Waals surface area (Å²) in [6.07, 6.45) is 0. The highest BCUT2D eigenvalue weighted by Gasteiger charge is 2.11. The third-order valence-electron chi connectivity index (χ3n) is 1.96. The summed E-state index contributed by atoms with van der Waals surface area (Å²) in [6, 6.07) is 3.89. The largest absolute Gasteiger partial charge is 0.394 e. The van der Waals surface area contributed by atoms with Crippen molar-refractivity contribution in [3.05, 3.63) is 31.9 Å². The molecule has 0 bridgehead atoms. The molecule has 88 valence electrons. The summed E-state index contributed by atoms with van der Waals surface area (Å²) in [5, 5.41) is 31.2. The van der Waals surface area contributed by atoms with Crippen LogP contribution in [0.5, 0.6) is 0 Å². The maximum atomic E-state index is 10.5. The maximum Gasteiger partial charge on any atom is 0.270 e. The number of aliphatic hydroxyl groups is 2. The molecule has 0 fully saturated rings. The van der Waals surface area contributed by atoms with Gasteiger partial charge in [-0.05, 0) is 28.7 Å². The van der Waals surface area contributed by atoms with E-state index in [4.69, 9.17) is 10.2 Å². The smallest absolute Gasteiger partial charge is 0.270 e. The molecular weight excluding hydrogens is 327 g/mol. The van der Waals surface area contributed by atoms with Gasteiger partial charge in [-0.25, -0.2) is 0 Å². The Hall–Kier alpha value is -0.930. The minimum atomic E-state index is -0.471. The van der Waals surface area contributed by atoms with E-state index in [1.54, 1.807) is 6.07 Å². The quantitative estimate of drug-likeness (QED) is 0.422. The zero-order valence-corrected chi connectivity index (χ0v) is 10.4. The normalized spacial score (nSPS) is 10.5. The van der Waals surface area contributed by atoms with E-state index in [0.717, 1.165) is 0 Å². The number of non-ortho nitro benzene ring substituents is 1. The lowest BCUT2D eigenvalue weighted by Gasteiger charge is -2.15. The van der Waals surface area contributed by atoms with E-state index in [2.05, 4.69) is 5.32 Å². The molecule has 3 N–H and O–H groups in total. The van der Waals surface area contributed by atoms with Crippen LogP contribution >= 0.6 is 22.6 Å². The summed E-state index contributed by atoms with van der Waals surface area (Å²) in [4.78, 5) is 10.0. The average molecular weight is 338 g/mol. The highest BCUT2D eigenvalue weighted by molar-refractivity contribution is 14.1. The minimum Gasteiger partial charge on any atom is -0.394 e. The van der Waals surface area contributed by atoms with E-state index >= 15 is 0 Å². The number of rotatable bonds is 5. The highest BCUT2D eigenvalue weighted by atomic mass is 127. The van der Waals surface area contributed by atoms with Crippen LogP contribution in [0.2, 0.25) is 0 Å². The average Bonchev–Trinajstić information content (AvgIpc) is 2.27. The van der Waals surface area contributed by atoms with Crippen LogP contribution < -0.4 is 5.32 Å². The molecule has 0 heterocycles. The summed E-state index contributed by atoms with van der Waals surface area (Å²) >= 11 is 1.96. The van der Waals surface area contributed by atoms with Crippen molar-refractivity contribution in [2.45, 2.75) is 6.04 Å². The molecule has 7 heteroatoms. The predicted molar refractivity (Wildman–Crippen MR) is 67.4 cm³/mol. The number of anilines is 1. The summed E-state index contributed by atoms with van der Waals surface area (Å²) in [5.41, 5.74) is 0.666. The van der Waals surface area contributed by atoms with Gasteiger partial charge in [0, 0.05) is 21.4 Å². The van der Waals surface area contributed by atoms with Crippen molar-refractivity contribution in [2.75, 3.05) is 18.5 Å². The third-order valence-corrected chi connectivity index (χ3v) is 2.86. The lowest BCUT2D eigenvalue weighted by Crippen LogP contribution is -2.28. The van der Waals surface area contributed by atoms with Gasteiger partial charge < -0.3 is 15.5 Å². The van der Waals surface area contributed by atoms with Gasteiger partial charge in [0.1, 0.15) is 0 Å². The lowest BCUT2D eigenvalue weighted by atomic mass is 10.2. The fourth-order valence-electron chi connectivity index (χ4n) is 1.10. The van der Waals surface area contributed by atoms with Gasteiger partial charge in [0.15, 0.2) is 0 Å². The fourth-order valence-corrected chi connectivity index (χ4v) is 1.76. The molecule has 0 spiro atoms. The first kappa shape index (κ1) is 13.1. The van der Waals surface area contributed by atoms with E-state index < -0.39 is 11.0 Å². The van der Waals surface area contributed by atoms with Crippen LogP contribution in [-0.2, 0) is 0 Å². The molecule has 0 aliphatic rings. The van der Waals surface area contributed by atoms with Gasteiger partial charge in [0.05, 0.1) is 24.2 Å². The molecule has 0 amide bonds. The summed E-state index contributed by atoms with van der Waals surface area (Å²) in [7, 11) is 0. The Bertz CT molecular complexity index is 382. The number of benzene rings is 1. The molecule has 0 aromatic heterocycles. The number of halogens is 1. The van der Waals surface area contributed by atoms with E-state index in [-0.39, 0.29) is 18.9 Å². The first-order valence-electron chi connectivity index (χ1n) is 4.50. The van der Waals surface area contributed by atoms with E-state index in [1.165, 1.54) is 12.1 Å². The van der Waals surface area contributed by atoms with Gasteiger partial charge in [-0.2, -0.15) is 0 Å².